The number of nitrogens with one attached hydrogen (secondary N) is 1. The van der Waals surface area contributed by atoms with E-state index in [1.807, 2.05) is 20.8 Å². The lowest BCUT2D eigenvalue weighted by Gasteiger charge is -2.30. The van der Waals surface area contributed by atoms with E-state index in [9.17, 15) is 9.18 Å². The van der Waals surface area contributed by atoms with Gasteiger partial charge in [0.2, 0.25) is 0 Å². The number of carbonyl (C=O) groups is 1. The van der Waals surface area contributed by atoms with Crippen molar-refractivity contribution in [3.8, 4) is 0 Å². The van der Waals surface area contributed by atoms with Crippen LogP contribution in [-0.4, -0.2) is 18.5 Å². The molecule has 5 heteroatoms. The van der Waals surface area contributed by atoms with Crippen molar-refractivity contribution in [3.63, 3.8) is 0 Å². The van der Waals surface area contributed by atoms with E-state index in [-0.39, 0.29) is 17.0 Å². The van der Waals surface area contributed by atoms with Crippen LogP contribution in [-0.2, 0) is 0 Å². The lowest BCUT2D eigenvalue weighted by atomic mass is 9.86. The van der Waals surface area contributed by atoms with Gasteiger partial charge in [-0.3, -0.25) is 4.79 Å². The average molecular weight is 317 g/mol. The Labute approximate surface area is 115 Å². The van der Waals surface area contributed by atoms with E-state index in [1.54, 1.807) is 6.07 Å². The number of hydrogen-bond acceptors (Lipinski definition) is 2. The van der Waals surface area contributed by atoms with Crippen LogP contribution in [0, 0.1) is 11.2 Å². The molecule has 3 N–H and O–H groups in total. The largest absolute Gasteiger partial charge is 0.347 e. The predicted molar refractivity (Wildman–Crippen MR) is 73.9 cm³/mol. The summed E-state index contributed by atoms with van der Waals surface area (Å²) in [5, 5.41) is 2.77. The van der Waals surface area contributed by atoms with Gasteiger partial charge in [-0.1, -0.05) is 36.7 Å². The molecule has 100 valence electrons. The van der Waals surface area contributed by atoms with E-state index < -0.39 is 11.7 Å². The monoisotopic (exact) mass is 316 g/mol. The van der Waals surface area contributed by atoms with Crippen molar-refractivity contribution in [1.29, 1.82) is 0 Å². The van der Waals surface area contributed by atoms with Gasteiger partial charge < -0.3 is 11.1 Å². The van der Waals surface area contributed by atoms with Gasteiger partial charge in [0.25, 0.3) is 5.91 Å². The minimum absolute atomic E-state index is 0.0204. The zero-order valence-corrected chi connectivity index (χ0v) is 12.3. The minimum Gasteiger partial charge on any atom is -0.347 e. The third-order valence-electron chi connectivity index (χ3n) is 2.76. The van der Waals surface area contributed by atoms with E-state index in [0.29, 0.717) is 11.0 Å². The highest BCUT2D eigenvalue weighted by Gasteiger charge is 2.26. The van der Waals surface area contributed by atoms with Crippen LogP contribution in [0.3, 0.4) is 0 Å². The molecule has 0 radical (unpaired) electrons. The Balaban J connectivity index is 2.91. The molecule has 1 aromatic carbocycles. The summed E-state index contributed by atoms with van der Waals surface area (Å²) < 4.78 is 14.2. The molecule has 18 heavy (non-hydrogen) atoms. The van der Waals surface area contributed by atoms with Gasteiger partial charge >= 0.3 is 0 Å². The maximum absolute atomic E-state index is 13.6. The molecule has 0 heterocycles. The van der Waals surface area contributed by atoms with Crippen LogP contribution in [0.15, 0.2) is 22.7 Å². The Kier molecular flexibility index (Phi) is 4.87. The highest BCUT2D eigenvalue weighted by atomic mass is 79.9. The van der Waals surface area contributed by atoms with Gasteiger partial charge in [-0.05, 0) is 23.6 Å². The fourth-order valence-electron chi connectivity index (χ4n) is 1.54. The number of halogens is 2. The second-order valence-corrected chi connectivity index (χ2v) is 6.17. The average Bonchev–Trinajstić information content (AvgIpc) is 2.27. The Hall–Kier alpha value is -0.940. The van der Waals surface area contributed by atoms with Gasteiger partial charge in [0, 0.05) is 17.1 Å². The summed E-state index contributed by atoms with van der Waals surface area (Å²) in [6.45, 7) is 6.23. The molecule has 1 amide bonds. The van der Waals surface area contributed by atoms with Gasteiger partial charge in [-0.25, -0.2) is 4.39 Å². The van der Waals surface area contributed by atoms with E-state index >= 15 is 0 Å². The summed E-state index contributed by atoms with van der Waals surface area (Å²) in [6, 6.07) is 4.06. The van der Waals surface area contributed by atoms with Crippen molar-refractivity contribution in [2.75, 3.05) is 6.54 Å². The third-order valence-corrected chi connectivity index (χ3v) is 3.25. The van der Waals surface area contributed by atoms with Gasteiger partial charge in [-0.2, -0.15) is 0 Å². The van der Waals surface area contributed by atoms with Crippen LogP contribution in [0.4, 0.5) is 4.39 Å². The molecule has 0 fully saturated rings. The second kappa shape index (κ2) is 5.80. The summed E-state index contributed by atoms with van der Waals surface area (Å²) in [7, 11) is 0. The first-order valence-corrected chi connectivity index (χ1v) is 6.51. The molecule has 1 unspecified atom stereocenters. The molecule has 0 aliphatic carbocycles. The van der Waals surface area contributed by atoms with Crippen molar-refractivity contribution < 1.29 is 9.18 Å². The molecule has 0 saturated heterocycles. The highest BCUT2D eigenvalue weighted by molar-refractivity contribution is 9.10. The number of benzene rings is 1. The van der Waals surface area contributed by atoms with Crippen LogP contribution in [0.5, 0.6) is 0 Å². The summed E-state index contributed by atoms with van der Waals surface area (Å²) in [4.78, 5) is 12.0. The van der Waals surface area contributed by atoms with Crippen molar-refractivity contribution in [2.24, 2.45) is 11.1 Å². The van der Waals surface area contributed by atoms with Gasteiger partial charge in [0.15, 0.2) is 0 Å². The summed E-state index contributed by atoms with van der Waals surface area (Å²) in [6.07, 6.45) is 0. The molecule has 0 aliphatic rings. The molecule has 1 rings (SSSR count). The maximum atomic E-state index is 13.6. The van der Waals surface area contributed by atoms with E-state index in [1.165, 1.54) is 12.1 Å². The van der Waals surface area contributed by atoms with Crippen LogP contribution >= 0.6 is 15.9 Å². The number of nitrogens with two attached hydrogens (primary N) is 1. The van der Waals surface area contributed by atoms with Crippen LogP contribution in [0.2, 0.25) is 0 Å². The molecule has 0 saturated carbocycles. The smallest absolute Gasteiger partial charge is 0.254 e. The van der Waals surface area contributed by atoms with E-state index in [4.69, 9.17) is 5.73 Å². The molecule has 0 aliphatic heterocycles. The Morgan fingerprint density at radius 1 is 1.50 bits per heavy atom. The third kappa shape index (κ3) is 3.78. The molecular weight excluding hydrogens is 299 g/mol. The topological polar surface area (TPSA) is 55.1 Å². The Morgan fingerprint density at radius 2 is 2.11 bits per heavy atom. The standard InChI is InChI=1S/C13H18BrFN2O/c1-13(2,3)11(7-16)17-12(18)9-6-8(14)4-5-10(9)15/h4-6,11H,7,16H2,1-3H3,(H,17,18). The molecule has 3 nitrogen and oxygen atoms in total. The quantitative estimate of drug-likeness (QED) is 0.900. The number of carbonyl (C=O) groups excluding carboxylic acids is 1. The SMILES string of the molecule is CC(C)(C)C(CN)NC(=O)c1cc(Br)ccc1F. The van der Waals surface area contributed by atoms with Crippen molar-refractivity contribution >= 4 is 21.8 Å². The summed E-state index contributed by atoms with van der Waals surface area (Å²) >= 11 is 3.22. The molecule has 1 aromatic rings. The Morgan fingerprint density at radius 3 is 2.61 bits per heavy atom. The zero-order valence-electron chi connectivity index (χ0n) is 10.8. The molecule has 1 atom stereocenters. The van der Waals surface area contributed by atoms with Crippen molar-refractivity contribution in [3.05, 3.63) is 34.1 Å². The second-order valence-electron chi connectivity index (χ2n) is 5.25. The first kappa shape index (κ1) is 15.1. The lowest BCUT2D eigenvalue weighted by molar-refractivity contribution is 0.0901. The first-order chi connectivity index (χ1) is 8.25. The molecule has 0 spiro atoms. The zero-order chi connectivity index (χ0) is 13.9. The van der Waals surface area contributed by atoms with Crippen LogP contribution < -0.4 is 11.1 Å². The fourth-order valence-corrected chi connectivity index (χ4v) is 1.90. The summed E-state index contributed by atoms with van der Waals surface area (Å²) in [5.74, 6) is -0.987. The first-order valence-electron chi connectivity index (χ1n) is 5.71. The predicted octanol–water partition coefficient (Wildman–Crippen LogP) is 2.69. The lowest BCUT2D eigenvalue weighted by Crippen LogP contribution is -2.48. The van der Waals surface area contributed by atoms with Crippen molar-refractivity contribution in [1.82, 2.24) is 5.32 Å². The molecule has 0 bridgehead atoms. The normalized spacial score (nSPS) is 13.2. The summed E-state index contributed by atoms with van der Waals surface area (Å²) in [5.41, 5.74) is 5.48. The number of amides is 1. The fraction of sp³-hybridized carbons (Fsp3) is 0.462. The number of hydrogen-bond donors (Lipinski definition) is 2. The van der Waals surface area contributed by atoms with Gasteiger partial charge in [-0.15, -0.1) is 0 Å². The van der Waals surface area contributed by atoms with Gasteiger partial charge in [0.05, 0.1) is 5.56 Å². The number of rotatable bonds is 3. The van der Waals surface area contributed by atoms with Gasteiger partial charge in [0.1, 0.15) is 5.82 Å². The minimum atomic E-state index is -0.541. The maximum Gasteiger partial charge on any atom is 0.254 e. The molecule has 0 aromatic heterocycles. The van der Waals surface area contributed by atoms with Crippen LogP contribution in [0.1, 0.15) is 31.1 Å². The van der Waals surface area contributed by atoms with Crippen molar-refractivity contribution in [2.45, 2.75) is 26.8 Å². The van der Waals surface area contributed by atoms with Crippen LogP contribution in [0.25, 0.3) is 0 Å². The highest BCUT2D eigenvalue weighted by Crippen LogP contribution is 2.20. The van der Waals surface area contributed by atoms with E-state index in [2.05, 4.69) is 21.2 Å². The van der Waals surface area contributed by atoms with E-state index in [0.717, 1.165) is 0 Å². The Bertz CT molecular complexity index is 443. The molecular formula is C13H18BrFN2O.